The van der Waals surface area contributed by atoms with Gasteiger partial charge in [-0.15, -0.1) is 0 Å². The van der Waals surface area contributed by atoms with Crippen LogP contribution in [0.1, 0.15) is 26.0 Å². The number of para-hydroxylation sites is 1. The van der Waals surface area contributed by atoms with E-state index in [9.17, 15) is 0 Å². The second-order valence-electron chi connectivity index (χ2n) is 4.91. The fraction of sp³-hybridized carbons (Fsp3) is 0.312. The highest BCUT2D eigenvalue weighted by Gasteiger charge is 2.33. The van der Waals surface area contributed by atoms with E-state index in [4.69, 9.17) is 9.15 Å². The van der Waals surface area contributed by atoms with Crippen LogP contribution in [0.15, 0.2) is 47.3 Å². The summed E-state index contributed by atoms with van der Waals surface area (Å²) in [6.07, 6.45) is 7.27. The van der Waals surface area contributed by atoms with Crippen LogP contribution in [0.25, 0.3) is 5.76 Å². The Bertz CT molecular complexity index is 578. The third kappa shape index (κ3) is 2.29. The number of hydrogen-bond acceptors (Lipinski definition) is 4. The zero-order valence-electron chi connectivity index (χ0n) is 11.6. The highest BCUT2D eigenvalue weighted by Crippen LogP contribution is 2.34. The Hall–Kier alpha value is -2.23. The van der Waals surface area contributed by atoms with Gasteiger partial charge in [0.25, 0.3) is 0 Å². The Morgan fingerprint density at radius 3 is 2.80 bits per heavy atom. The van der Waals surface area contributed by atoms with Crippen molar-refractivity contribution in [2.24, 2.45) is 5.92 Å². The van der Waals surface area contributed by atoms with Crippen LogP contribution < -0.4 is 4.90 Å². The van der Waals surface area contributed by atoms with Crippen molar-refractivity contribution in [3.63, 3.8) is 0 Å². The van der Waals surface area contributed by atoms with E-state index in [1.807, 2.05) is 23.1 Å². The first-order valence-corrected chi connectivity index (χ1v) is 6.83. The zero-order chi connectivity index (χ0) is 13.9. The summed E-state index contributed by atoms with van der Waals surface area (Å²) in [5.41, 5.74) is 1.06. The molecule has 1 radical (unpaired) electrons. The average molecular weight is 269 g/mol. The largest absolute Gasteiger partial charge is 0.464 e. The third-order valence-electron chi connectivity index (χ3n) is 3.54. The van der Waals surface area contributed by atoms with Crippen molar-refractivity contribution in [3.05, 3.63) is 54.9 Å². The van der Waals surface area contributed by atoms with E-state index in [1.165, 1.54) is 6.39 Å². The lowest BCUT2D eigenvalue weighted by Crippen LogP contribution is -2.33. The molecule has 20 heavy (non-hydrogen) atoms. The number of aromatic nitrogens is 1. The molecule has 0 spiro atoms. The quantitative estimate of drug-likeness (QED) is 0.848. The van der Waals surface area contributed by atoms with E-state index in [1.54, 1.807) is 6.20 Å². The molecule has 2 heterocycles. The number of anilines is 1. The van der Waals surface area contributed by atoms with Gasteiger partial charge in [0.2, 0.25) is 0 Å². The lowest BCUT2D eigenvalue weighted by atomic mass is 10.1. The van der Waals surface area contributed by atoms with Crippen LogP contribution in [0.4, 0.5) is 5.69 Å². The van der Waals surface area contributed by atoms with Gasteiger partial charge in [-0.3, -0.25) is 4.90 Å². The molecule has 0 N–H and O–H groups in total. The van der Waals surface area contributed by atoms with Crippen molar-refractivity contribution in [1.82, 2.24) is 4.98 Å². The molecule has 0 saturated carbocycles. The maximum Gasteiger partial charge on any atom is 0.192 e. The van der Waals surface area contributed by atoms with Crippen molar-refractivity contribution < 1.29 is 9.15 Å². The van der Waals surface area contributed by atoms with Crippen molar-refractivity contribution in [2.45, 2.75) is 26.5 Å². The number of nitrogens with zero attached hydrogens (tertiary/aromatic N) is 2. The van der Waals surface area contributed by atoms with Crippen LogP contribution in [-0.2, 0) is 4.74 Å². The molecule has 3 rings (SSSR count). The first-order chi connectivity index (χ1) is 9.79. The molecule has 1 aliphatic rings. The molecule has 2 unspecified atom stereocenters. The van der Waals surface area contributed by atoms with E-state index in [2.05, 4.69) is 37.2 Å². The Morgan fingerprint density at radius 1 is 1.35 bits per heavy atom. The standard InChI is InChI=1S/C16H17N2O2/c1-3-12(2)16-18(13-7-5-4-6-8-13)10-15(20-16)14-9-17-11-19-14/h4-9,11-12,16H,3H2,1-2H3. The maximum atomic E-state index is 6.02. The SMILES string of the molecule is CCC(C)C1OC(c2cnco2)=[C]N1c1ccccc1. The third-order valence-corrected chi connectivity index (χ3v) is 3.54. The highest BCUT2D eigenvalue weighted by atomic mass is 16.5. The molecule has 0 saturated heterocycles. The van der Waals surface area contributed by atoms with Crippen molar-refractivity contribution in [2.75, 3.05) is 4.90 Å². The van der Waals surface area contributed by atoms with E-state index >= 15 is 0 Å². The highest BCUT2D eigenvalue weighted by molar-refractivity contribution is 5.62. The van der Waals surface area contributed by atoms with Gasteiger partial charge in [-0.1, -0.05) is 32.0 Å². The number of ether oxygens (including phenoxy) is 1. The number of rotatable bonds is 4. The van der Waals surface area contributed by atoms with Crippen LogP contribution in [-0.4, -0.2) is 11.2 Å². The first kappa shape index (κ1) is 12.8. The van der Waals surface area contributed by atoms with Crippen LogP contribution in [0, 0.1) is 12.1 Å². The van der Waals surface area contributed by atoms with Crippen LogP contribution in [0.2, 0.25) is 0 Å². The Balaban J connectivity index is 1.94. The summed E-state index contributed by atoms with van der Waals surface area (Å²) in [4.78, 5) is 5.96. The smallest absolute Gasteiger partial charge is 0.192 e. The first-order valence-electron chi connectivity index (χ1n) is 6.83. The van der Waals surface area contributed by atoms with Gasteiger partial charge in [-0.25, -0.2) is 4.98 Å². The van der Waals surface area contributed by atoms with Gasteiger partial charge in [0.15, 0.2) is 24.1 Å². The van der Waals surface area contributed by atoms with Gasteiger partial charge in [-0.05, 0) is 18.6 Å². The van der Waals surface area contributed by atoms with Gasteiger partial charge in [-0.2, -0.15) is 0 Å². The fourth-order valence-electron chi connectivity index (χ4n) is 2.19. The molecule has 103 valence electrons. The van der Waals surface area contributed by atoms with Crippen LogP contribution in [0.3, 0.4) is 0 Å². The normalized spacial score (nSPS) is 19.6. The van der Waals surface area contributed by atoms with E-state index in [0.29, 0.717) is 17.4 Å². The van der Waals surface area contributed by atoms with Gasteiger partial charge in [0.1, 0.15) is 6.20 Å². The molecule has 1 aliphatic heterocycles. The number of hydrogen-bond donors (Lipinski definition) is 0. The van der Waals surface area contributed by atoms with Crippen molar-refractivity contribution >= 4 is 11.4 Å². The summed E-state index contributed by atoms with van der Waals surface area (Å²) in [5.74, 6) is 1.59. The van der Waals surface area contributed by atoms with Gasteiger partial charge in [0, 0.05) is 11.6 Å². The summed E-state index contributed by atoms with van der Waals surface area (Å²) in [6.45, 7) is 4.33. The molecule has 4 heteroatoms. The fourth-order valence-corrected chi connectivity index (χ4v) is 2.19. The molecule has 0 fully saturated rings. The second-order valence-corrected chi connectivity index (χ2v) is 4.91. The van der Waals surface area contributed by atoms with Crippen LogP contribution >= 0.6 is 0 Å². The number of benzene rings is 1. The van der Waals surface area contributed by atoms with E-state index in [-0.39, 0.29) is 6.23 Å². The molecule has 4 nitrogen and oxygen atoms in total. The molecular weight excluding hydrogens is 252 g/mol. The summed E-state index contributed by atoms with van der Waals surface area (Å²) in [6, 6.07) is 10.1. The molecule has 1 aromatic heterocycles. The van der Waals surface area contributed by atoms with Gasteiger partial charge >= 0.3 is 0 Å². The Morgan fingerprint density at radius 2 is 2.15 bits per heavy atom. The minimum Gasteiger partial charge on any atom is -0.464 e. The van der Waals surface area contributed by atoms with Gasteiger partial charge < -0.3 is 9.15 Å². The maximum absolute atomic E-state index is 6.02. The summed E-state index contributed by atoms with van der Waals surface area (Å²) in [7, 11) is 0. The molecular formula is C16H17N2O2. The molecule has 2 atom stereocenters. The zero-order valence-corrected chi connectivity index (χ0v) is 11.6. The Labute approximate surface area is 118 Å². The number of oxazole rings is 1. The minimum atomic E-state index is -0.0671. The van der Waals surface area contributed by atoms with E-state index in [0.717, 1.165) is 12.1 Å². The van der Waals surface area contributed by atoms with Crippen LogP contribution in [0.5, 0.6) is 0 Å². The second kappa shape index (κ2) is 5.41. The predicted octanol–water partition coefficient (Wildman–Crippen LogP) is 3.69. The lowest BCUT2D eigenvalue weighted by Gasteiger charge is -2.28. The monoisotopic (exact) mass is 269 g/mol. The average Bonchev–Trinajstić information content (AvgIpc) is 3.16. The molecule has 2 aromatic rings. The van der Waals surface area contributed by atoms with Crippen molar-refractivity contribution in [3.8, 4) is 0 Å². The summed E-state index contributed by atoms with van der Waals surface area (Å²) < 4.78 is 11.3. The van der Waals surface area contributed by atoms with Gasteiger partial charge in [0.05, 0.1) is 6.20 Å². The summed E-state index contributed by atoms with van der Waals surface area (Å²) >= 11 is 0. The minimum absolute atomic E-state index is 0.0671. The predicted molar refractivity (Wildman–Crippen MR) is 76.4 cm³/mol. The molecule has 0 amide bonds. The van der Waals surface area contributed by atoms with E-state index < -0.39 is 0 Å². The molecule has 1 aromatic carbocycles. The Kier molecular flexibility index (Phi) is 3.46. The topological polar surface area (TPSA) is 38.5 Å². The molecule has 0 bridgehead atoms. The van der Waals surface area contributed by atoms with Crippen molar-refractivity contribution in [1.29, 1.82) is 0 Å². The molecule has 0 aliphatic carbocycles. The lowest BCUT2D eigenvalue weighted by molar-refractivity contribution is 0.129. The summed E-state index contributed by atoms with van der Waals surface area (Å²) in [5, 5.41) is 0.